The quantitative estimate of drug-likeness (QED) is 0.732. The van der Waals surface area contributed by atoms with Crippen LogP contribution >= 0.6 is 0 Å². The number of hydrogen-bond acceptors (Lipinski definition) is 4. The molecule has 0 N–H and O–H groups in total. The maximum atomic E-state index is 13.4. The average Bonchev–Trinajstić information content (AvgIpc) is 2.52. The molecule has 0 saturated heterocycles. The molecule has 4 nitrogen and oxygen atoms in total. The van der Waals surface area contributed by atoms with Crippen LogP contribution in [0, 0.1) is 13.8 Å². The first kappa shape index (κ1) is 19.3. The van der Waals surface area contributed by atoms with Gasteiger partial charge < -0.3 is 4.74 Å². The van der Waals surface area contributed by atoms with Gasteiger partial charge in [-0.25, -0.2) is 4.18 Å². The molecule has 136 valence electrons. The summed E-state index contributed by atoms with van der Waals surface area (Å²) in [4.78, 5) is -0.336. The minimum absolute atomic E-state index is 0.318. The summed E-state index contributed by atoms with van der Waals surface area (Å²) in [5, 5.41) is 0. The van der Waals surface area contributed by atoms with Crippen molar-refractivity contribution in [2.45, 2.75) is 31.0 Å². The fraction of sp³-hybridized carbons (Fsp3) is 0.294. The maximum Gasteiger partial charge on any atom is 0.420 e. The van der Waals surface area contributed by atoms with Crippen LogP contribution in [0.15, 0.2) is 47.4 Å². The minimum Gasteiger partial charge on any atom is -0.496 e. The molecule has 0 fully saturated rings. The van der Waals surface area contributed by atoms with Crippen molar-refractivity contribution in [3.63, 3.8) is 0 Å². The molecule has 1 atom stereocenters. The molecule has 0 aliphatic heterocycles. The van der Waals surface area contributed by atoms with Crippen LogP contribution in [0.1, 0.15) is 22.8 Å². The summed E-state index contributed by atoms with van der Waals surface area (Å²) in [6, 6.07) is 9.04. The minimum atomic E-state index is -4.90. The van der Waals surface area contributed by atoms with Gasteiger partial charge in [-0.2, -0.15) is 21.6 Å². The second kappa shape index (κ2) is 7.05. The van der Waals surface area contributed by atoms with Gasteiger partial charge in [-0.15, -0.1) is 0 Å². The van der Waals surface area contributed by atoms with Crippen LogP contribution in [-0.4, -0.2) is 21.7 Å². The molecular weight excluding hydrogens is 357 g/mol. The summed E-state index contributed by atoms with van der Waals surface area (Å²) in [5.74, 6) is 0.395. The summed E-state index contributed by atoms with van der Waals surface area (Å²) >= 11 is 0. The van der Waals surface area contributed by atoms with E-state index >= 15 is 0 Å². The van der Waals surface area contributed by atoms with Gasteiger partial charge >= 0.3 is 6.18 Å². The number of alkyl halides is 3. The molecule has 0 radical (unpaired) electrons. The third kappa shape index (κ3) is 4.52. The van der Waals surface area contributed by atoms with E-state index in [0.717, 1.165) is 11.6 Å². The van der Waals surface area contributed by atoms with Crippen molar-refractivity contribution in [3.8, 4) is 5.75 Å². The maximum absolute atomic E-state index is 13.4. The normalized spacial score (nSPS) is 13.5. The van der Waals surface area contributed by atoms with E-state index in [4.69, 9.17) is 4.74 Å². The number of aryl methyl sites for hydroxylation is 2. The standard InChI is InChI=1S/C17H17F3O4S/c1-11-4-7-14(8-5-11)25(21,22)24-16(17(18,19)20)13-6-9-15(23-3)12(2)10-13/h4-10,16H,1-3H3. The van der Waals surface area contributed by atoms with Gasteiger partial charge in [0.1, 0.15) is 5.75 Å². The number of rotatable bonds is 5. The molecule has 25 heavy (non-hydrogen) atoms. The fourth-order valence-corrected chi connectivity index (χ4v) is 3.31. The third-order valence-corrected chi connectivity index (χ3v) is 4.85. The van der Waals surface area contributed by atoms with Crippen molar-refractivity contribution in [1.29, 1.82) is 0 Å². The molecule has 0 bridgehead atoms. The highest BCUT2D eigenvalue weighted by molar-refractivity contribution is 7.86. The smallest absolute Gasteiger partial charge is 0.420 e. The molecule has 0 aromatic heterocycles. The van der Waals surface area contributed by atoms with E-state index in [1.54, 1.807) is 13.8 Å². The summed E-state index contributed by atoms with van der Waals surface area (Å²) in [6.07, 6.45) is -7.51. The van der Waals surface area contributed by atoms with Crippen LogP contribution in [0.2, 0.25) is 0 Å². The molecule has 2 aromatic carbocycles. The zero-order valence-electron chi connectivity index (χ0n) is 13.8. The fourth-order valence-electron chi connectivity index (χ4n) is 2.25. The van der Waals surface area contributed by atoms with Gasteiger partial charge in [0.05, 0.1) is 12.0 Å². The SMILES string of the molecule is COc1ccc(C(OS(=O)(=O)c2ccc(C)cc2)C(F)(F)F)cc1C. The molecule has 2 aromatic rings. The van der Waals surface area contributed by atoms with Crippen LogP contribution in [-0.2, 0) is 14.3 Å². The summed E-state index contributed by atoms with van der Waals surface area (Å²) < 4.78 is 74.3. The van der Waals surface area contributed by atoms with Crippen molar-refractivity contribution in [3.05, 3.63) is 59.2 Å². The van der Waals surface area contributed by atoms with Gasteiger partial charge in [0.25, 0.3) is 10.1 Å². The molecule has 1 unspecified atom stereocenters. The van der Waals surface area contributed by atoms with Crippen LogP contribution in [0.4, 0.5) is 13.2 Å². The van der Waals surface area contributed by atoms with Gasteiger partial charge in [0, 0.05) is 0 Å². The van der Waals surface area contributed by atoms with Crippen molar-refractivity contribution in [2.75, 3.05) is 7.11 Å². The van der Waals surface area contributed by atoms with Gasteiger partial charge in [0.2, 0.25) is 0 Å². The van der Waals surface area contributed by atoms with Crippen molar-refractivity contribution in [2.24, 2.45) is 0 Å². The molecule has 2 rings (SSSR count). The van der Waals surface area contributed by atoms with E-state index < -0.39 is 22.4 Å². The highest BCUT2D eigenvalue weighted by atomic mass is 32.2. The molecule has 8 heteroatoms. The monoisotopic (exact) mass is 374 g/mol. The second-order valence-electron chi connectivity index (χ2n) is 5.51. The third-order valence-electron chi connectivity index (χ3n) is 3.55. The lowest BCUT2D eigenvalue weighted by atomic mass is 10.1. The Labute approximate surface area is 144 Å². The van der Waals surface area contributed by atoms with Crippen LogP contribution < -0.4 is 4.74 Å². The zero-order valence-corrected chi connectivity index (χ0v) is 14.6. The molecular formula is C17H17F3O4S. The predicted molar refractivity (Wildman–Crippen MR) is 86.0 cm³/mol. The van der Waals surface area contributed by atoms with Gasteiger partial charge in [-0.3, -0.25) is 0 Å². The number of methoxy groups -OCH3 is 1. The Morgan fingerprint density at radius 3 is 2.08 bits per heavy atom. The molecule has 0 heterocycles. The highest BCUT2D eigenvalue weighted by Gasteiger charge is 2.45. The van der Waals surface area contributed by atoms with E-state index in [1.807, 2.05) is 0 Å². The van der Waals surface area contributed by atoms with E-state index in [0.29, 0.717) is 11.3 Å². The van der Waals surface area contributed by atoms with Crippen LogP contribution in [0.5, 0.6) is 5.75 Å². The Morgan fingerprint density at radius 1 is 1.00 bits per heavy atom. The first-order valence-corrected chi connectivity index (χ1v) is 8.66. The number of hydrogen-bond donors (Lipinski definition) is 0. The Hall–Kier alpha value is -2.06. The Kier molecular flexibility index (Phi) is 5.43. The number of halogens is 3. The van der Waals surface area contributed by atoms with Crippen molar-refractivity contribution < 1.29 is 30.5 Å². The summed E-state index contributed by atoms with van der Waals surface area (Å²) in [5.41, 5.74) is 0.893. The van der Waals surface area contributed by atoms with Crippen molar-refractivity contribution >= 4 is 10.1 Å². The van der Waals surface area contributed by atoms with Gasteiger partial charge in [-0.1, -0.05) is 23.8 Å². The number of benzene rings is 2. The number of ether oxygens (including phenoxy) is 1. The molecule has 0 spiro atoms. The first-order chi connectivity index (χ1) is 11.5. The summed E-state index contributed by atoms with van der Waals surface area (Å²) in [6.45, 7) is 3.29. The van der Waals surface area contributed by atoms with Gasteiger partial charge in [0.15, 0.2) is 6.10 Å². The zero-order chi connectivity index (χ0) is 18.8. The lowest BCUT2D eigenvalue weighted by Crippen LogP contribution is -2.26. The molecule has 0 saturated carbocycles. The first-order valence-electron chi connectivity index (χ1n) is 7.26. The van der Waals surface area contributed by atoms with E-state index in [2.05, 4.69) is 4.18 Å². The second-order valence-corrected chi connectivity index (χ2v) is 7.09. The lowest BCUT2D eigenvalue weighted by molar-refractivity contribution is -0.196. The Bertz CT molecular complexity index is 843. The molecule has 0 aliphatic carbocycles. The van der Waals surface area contributed by atoms with Crippen LogP contribution in [0.3, 0.4) is 0 Å². The van der Waals surface area contributed by atoms with Gasteiger partial charge in [-0.05, 0) is 49.2 Å². The molecule has 0 amide bonds. The van der Waals surface area contributed by atoms with Crippen molar-refractivity contribution in [1.82, 2.24) is 0 Å². The van der Waals surface area contributed by atoms with Crippen LogP contribution in [0.25, 0.3) is 0 Å². The van der Waals surface area contributed by atoms with E-state index in [1.165, 1.54) is 43.5 Å². The largest absolute Gasteiger partial charge is 0.496 e. The Morgan fingerprint density at radius 2 is 1.60 bits per heavy atom. The average molecular weight is 374 g/mol. The molecule has 0 aliphatic rings. The van der Waals surface area contributed by atoms with E-state index in [-0.39, 0.29) is 10.5 Å². The lowest BCUT2D eigenvalue weighted by Gasteiger charge is -2.21. The highest BCUT2D eigenvalue weighted by Crippen LogP contribution is 2.39. The predicted octanol–water partition coefficient (Wildman–Crippen LogP) is 4.32. The van der Waals surface area contributed by atoms with E-state index in [9.17, 15) is 21.6 Å². The summed E-state index contributed by atoms with van der Waals surface area (Å²) in [7, 11) is -3.20. The Balaban J connectivity index is 2.42. The topological polar surface area (TPSA) is 52.6 Å².